The smallest absolute Gasteiger partial charge is 0.231 e. The van der Waals surface area contributed by atoms with Crippen molar-refractivity contribution in [1.29, 1.82) is 0 Å². The number of aromatic nitrogens is 3. The zero-order valence-electron chi connectivity index (χ0n) is 12.4. The molecule has 1 aromatic carbocycles. The average Bonchev–Trinajstić information content (AvgIpc) is 2.53. The quantitative estimate of drug-likeness (QED) is 0.734. The molecule has 7 heteroatoms. The van der Waals surface area contributed by atoms with Crippen LogP contribution in [0.25, 0.3) is 0 Å². The van der Waals surface area contributed by atoms with Gasteiger partial charge in [0.25, 0.3) is 0 Å². The lowest BCUT2D eigenvalue weighted by molar-refractivity contribution is 0.191. The van der Waals surface area contributed by atoms with Crippen LogP contribution in [0.4, 0.5) is 17.8 Å². The molecule has 2 rings (SSSR count). The van der Waals surface area contributed by atoms with Crippen LogP contribution in [-0.4, -0.2) is 47.7 Å². The first-order valence-corrected chi connectivity index (χ1v) is 6.68. The molecule has 0 radical (unpaired) electrons. The van der Waals surface area contributed by atoms with E-state index in [4.69, 9.17) is 0 Å². The fourth-order valence-corrected chi connectivity index (χ4v) is 1.74. The second-order valence-corrected chi connectivity index (χ2v) is 4.73. The molecule has 1 atom stereocenters. The summed E-state index contributed by atoms with van der Waals surface area (Å²) in [7, 11) is 5.46. The summed E-state index contributed by atoms with van der Waals surface area (Å²) >= 11 is 0. The first-order valence-electron chi connectivity index (χ1n) is 6.68. The number of benzene rings is 1. The first kappa shape index (κ1) is 15.0. The van der Waals surface area contributed by atoms with Gasteiger partial charge < -0.3 is 20.6 Å². The van der Waals surface area contributed by atoms with Crippen molar-refractivity contribution in [3.05, 3.63) is 35.9 Å². The van der Waals surface area contributed by atoms with Gasteiger partial charge in [0.15, 0.2) is 0 Å². The average molecular weight is 288 g/mol. The lowest BCUT2D eigenvalue weighted by atomic mass is 10.1. The lowest BCUT2D eigenvalue weighted by Gasteiger charge is -2.15. The van der Waals surface area contributed by atoms with Gasteiger partial charge in [-0.2, -0.15) is 15.0 Å². The van der Waals surface area contributed by atoms with Gasteiger partial charge in [0.05, 0.1) is 6.10 Å². The molecule has 7 nitrogen and oxygen atoms in total. The molecule has 0 saturated heterocycles. The van der Waals surface area contributed by atoms with Gasteiger partial charge in [-0.15, -0.1) is 0 Å². The number of anilines is 3. The number of nitrogens with zero attached hydrogens (tertiary/aromatic N) is 4. The number of hydrogen-bond acceptors (Lipinski definition) is 7. The molecule has 0 saturated carbocycles. The van der Waals surface area contributed by atoms with E-state index in [0.717, 1.165) is 5.56 Å². The highest BCUT2D eigenvalue weighted by Crippen LogP contribution is 2.14. The van der Waals surface area contributed by atoms with Crippen molar-refractivity contribution in [2.24, 2.45) is 0 Å². The van der Waals surface area contributed by atoms with Crippen molar-refractivity contribution in [1.82, 2.24) is 15.0 Å². The minimum absolute atomic E-state index is 0.323. The SMILES string of the molecule is CNc1nc(NCC(O)c2ccccc2)nc(N(C)C)n1. The summed E-state index contributed by atoms with van der Waals surface area (Å²) < 4.78 is 0. The monoisotopic (exact) mass is 288 g/mol. The Morgan fingerprint density at radius 3 is 2.38 bits per heavy atom. The van der Waals surface area contributed by atoms with Crippen LogP contribution in [-0.2, 0) is 0 Å². The molecule has 0 spiro atoms. The second-order valence-electron chi connectivity index (χ2n) is 4.73. The van der Waals surface area contributed by atoms with Crippen LogP contribution in [0.5, 0.6) is 0 Å². The summed E-state index contributed by atoms with van der Waals surface area (Å²) in [5.41, 5.74) is 0.848. The van der Waals surface area contributed by atoms with Gasteiger partial charge in [0.2, 0.25) is 17.8 Å². The van der Waals surface area contributed by atoms with Crippen molar-refractivity contribution in [2.45, 2.75) is 6.10 Å². The Balaban J connectivity index is 2.07. The normalized spacial score (nSPS) is 11.8. The highest BCUT2D eigenvalue weighted by atomic mass is 16.3. The molecule has 21 heavy (non-hydrogen) atoms. The van der Waals surface area contributed by atoms with Crippen molar-refractivity contribution < 1.29 is 5.11 Å². The van der Waals surface area contributed by atoms with Crippen LogP contribution in [0, 0.1) is 0 Å². The maximum atomic E-state index is 10.1. The Morgan fingerprint density at radius 1 is 1.10 bits per heavy atom. The lowest BCUT2D eigenvalue weighted by Crippen LogP contribution is -2.18. The van der Waals surface area contributed by atoms with Crippen LogP contribution in [0.1, 0.15) is 11.7 Å². The molecule has 0 bridgehead atoms. The molecular formula is C14H20N6O. The predicted octanol–water partition coefficient (Wildman–Crippen LogP) is 1.12. The molecular weight excluding hydrogens is 268 g/mol. The second kappa shape index (κ2) is 6.85. The van der Waals surface area contributed by atoms with E-state index < -0.39 is 6.10 Å². The maximum Gasteiger partial charge on any atom is 0.231 e. The first-order chi connectivity index (χ1) is 10.1. The van der Waals surface area contributed by atoms with Crippen molar-refractivity contribution in [3.63, 3.8) is 0 Å². The van der Waals surface area contributed by atoms with Crippen molar-refractivity contribution in [3.8, 4) is 0 Å². The Kier molecular flexibility index (Phi) is 4.89. The number of nitrogens with one attached hydrogen (secondary N) is 2. The largest absolute Gasteiger partial charge is 0.387 e. The Morgan fingerprint density at radius 2 is 1.76 bits per heavy atom. The van der Waals surface area contributed by atoms with Crippen LogP contribution in [0.3, 0.4) is 0 Å². The van der Waals surface area contributed by atoms with Gasteiger partial charge in [0.1, 0.15) is 0 Å². The van der Waals surface area contributed by atoms with Crippen molar-refractivity contribution >= 4 is 17.8 Å². The fourth-order valence-electron chi connectivity index (χ4n) is 1.74. The van der Waals surface area contributed by atoms with Gasteiger partial charge in [-0.25, -0.2) is 0 Å². The number of rotatable bonds is 6. The highest BCUT2D eigenvalue weighted by molar-refractivity contribution is 5.42. The van der Waals surface area contributed by atoms with Crippen LogP contribution >= 0.6 is 0 Å². The van der Waals surface area contributed by atoms with Gasteiger partial charge in [-0.3, -0.25) is 0 Å². The minimum Gasteiger partial charge on any atom is -0.387 e. The van der Waals surface area contributed by atoms with E-state index >= 15 is 0 Å². The van der Waals surface area contributed by atoms with Gasteiger partial charge in [0, 0.05) is 27.7 Å². The summed E-state index contributed by atoms with van der Waals surface area (Å²) in [5, 5.41) is 16.1. The Bertz CT molecular complexity index is 575. The third-order valence-corrected chi connectivity index (χ3v) is 2.89. The van der Waals surface area contributed by atoms with E-state index in [-0.39, 0.29) is 0 Å². The summed E-state index contributed by atoms with van der Waals surface area (Å²) in [6.07, 6.45) is -0.621. The summed E-state index contributed by atoms with van der Waals surface area (Å²) in [5.74, 6) is 1.45. The van der Waals surface area contributed by atoms with Gasteiger partial charge in [-0.1, -0.05) is 30.3 Å². The van der Waals surface area contributed by atoms with Gasteiger partial charge in [-0.05, 0) is 5.56 Å². The van der Waals surface area contributed by atoms with Crippen LogP contribution in [0.15, 0.2) is 30.3 Å². The van der Waals surface area contributed by atoms with Gasteiger partial charge >= 0.3 is 0 Å². The molecule has 2 aromatic rings. The van der Waals surface area contributed by atoms with Crippen LogP contribution in [0.2, 0.25) is 0 Å². The maximum absolute atomic E-state index is 10.1. The third kappa shape index (κ3) is 4.03. The van der Waals surface area contributed by atoms with E-state index in [1.54, 1.807) is 11.9 Å². The fraction of sp³-hybridized carbons (Fsp3) is 0.357. The van der Waals surface area contributed by atoms with Crippen molar-refractivity contribution in [2.75, 3.05) is 43.2 Å². The molecule has 0 aliphatic carbocycles. The summed E-state index contributed by atoms with van der Waals surface area (Å²) in [6.45, 7) is 0.323. The van der Waals surface area contributed by atoms with E-state index in [1.807, 2.05) is 44.4 Å². The molecule has 1 unspecified atom stereocenters. The summed E-state index contributed by atoms with van der Waals surface area (Å²) in [4.78, 5) is 14.5. The van der Waals surface area contributed by atoms with E-state index in [1.165, 1.54) is 0 Å². The van der Waals surface area contributed by atoms with Crippen LogP contribution < -0.4 is 15.5 Å². The number of aliphatic hydroxyl groups excluding tert-OH is 1. The number of hydrogen-bond donors (Lipinski definition) is 3. The molecule has 1 heterocycles. The Labute approximate surface area is 124 Å². The number of aliphatic hydroxyl groups is 1. The molecule has 0 aliphatic heterocycles. The molecule has 0 amide bonds. The standard InChI is InChI=1S/C14H20N6O/c1-15-12-17-13(19-14(18-12)20(2)3)16-9-11(21)10-7-5-4-6-8-10/h4-8,11,21H,9H2,1-3H3,(H2,15,16,17,18,19). The van der Waals surface area contributed by atoms with E-state index in [2.05, 4.69) is 25.6 Å². The third-order valence-electron chi connectivity index (χ3n) is 2.89. The van der Waals surface area contributed by atoms with E-state index in [9.17, 15) is 5.11 Å². The minimum atomic E-state index is -0.621. The molecule has 0 aliphatic rings. The Hall–Kier alpha value is -2.41. The zero-order chi connectivity index (χ0) is 15.2. The molecule has 0 fully saturated rings. The topological polar surface area (TPSA) is 86.2 Å². The van der Waals surface area contributed by atoms with E-state index in [0.29, 0.717) is 24.4 Å². The highest BCUT2D eigenvalue weighted by Gasteiger charge is 2.10. The molecule has 3 N–H and O–H groups in total. The molecule has 112 valence electrons. The zero-order valence-corrected chi connectivity index (χ0v) is 12.4. The summed E-state index contributed by atoms with van der Waals surface area (Å²) in [6, 6.07) is 9.46. The predicted molar refractivity (Wildman–Crippen MR) is 83.6 cm³/mol. The molecule has 1 aromatic heterocycles.